The Morgan fingerprint density at radius 3 is 2.55 bits per heavy atom. The molecule has 3 heteroatoms. The molecule has 0 fully saturated rings. The first-order chi connectivity index (χ1) is 9.74. The lowest BCUT2D eigenvalue weighted by molar-refractivity contribution is 0.0988. The number of hydrogen-bond acceptors (Lipinski definition) is 3. The molecule has 0 saturated carbocycles. The van der Waals surface area contributed by atoms with Crippen molar-refractivity contribution in [3.05, 3.63) is 59.4 Å². The highest BCUT2D eigenvalue weighted by Gasteiger charge is 2.04. The Kier molecular flexibility index (Phi) is 4.88. The molecule has 104 valence electrons. The summed E-state index contributed by atoms with van der Waals surface area (Å²) in [7, 11) is 0. The molecule has 0 aliphatic rings. The van der Waals surface area contributed by atoms with Crippen molar-refractivity contribution in [3.63, 3.8) is 0 Å². The molecule has 2 rings (SSSR count). The van der Waals surface area contributed by atoms with Gasteiger partial charge in [0.1, 0.15) is 0 Å². The van der Waals surface area contributed by atoms with Crippen LogP contribution in [0.5, 0.6) is 0 Å². The van der Waals surface area contributed by atoms with Crippen molar-refractivity contribution in [2.24, 2.45) is 0 Å². The molecule has 0 bridgehead atoms. The van der Waals surface area contributed by atoms with Crippen LogP contribution in [-0.2, 0) is 13.0 Å². The van der Waals surface area contributed by atoms with Crippen LogP contribution in [0.2, 0.25) is 0 Å². The van der Waals surface area contributed by atoms with Crippen LogP contribution in [0, 0.1) is 0 Å². The van der Waals surface area contributed by atoms with Crippen LogP contribution in [0.25, 0.3) is 0 Å². The monoisotopic (exact) mass is 268 g/mol. The fourth-order valence-corrected chi connectivity index (χ4v) is 2.12. The fourth-order valence-electron chi connectivity index (χ4n) is 2.12. The summed E-state index contributed by atoms with van der Waals surface area (Å²) in [6, 6.07) is 11.7. The second kappa shape index (κ2) is 6.85. The highest BCUT2D eigenvalue weighted by atomic mass is 16.1. The number of nitrogens with one attached hydrogen (secondary N) is 1. The lowest BCUT2D eigenvalue weighted by atomic mass is 10.1. The third-order valence-corrected chi connectivity index (χ3v) is 3.35. The molecule has 1 aromatic carbocycles. The minimum atomic E-state index is 0.176. The van der Waals surface area contributed by atoms with E-state index in [1.54, 1.807) is 0 Å². The molecule has 0 aliphatic carbocycles. The molecule has 0 unspecified atom stereocenters. The van der Waals surface area contributed by atoms with Crippen LogP contribution >= 0.6 is 0 Å². The summed E-state index contributed by atoms with van der Waals surface area (Å²) in [5.41, 5.74) is 4.11. The minimum absolute atomic E-state index is 0.176. The molecule has 0 aliphatic heterocycles. The van der Waals surface area contributed by atoms with Gasteiger partial charge < -0.3 is 5.32 Å². The van der Waals surface area contributed by atoms with E-state index in [-0.39, 0.29) is 5.78 Å². The third-order valence-electron chi connectivity index (χ3n) is 3.35. The van der Waals surface area contributed by atoms with Crippen molar-refractivity contribution >= 4 is 11.5 Å². The van der Waals surface area contributed by atoms with Crippen molar-refractivity contribution in [1.82, 2.24) is 4.98 Å². The number of carbonyl (C=O) groups is 1. The lowest BCUT2D eigenvalue weighted by Gasteiger charge is -2.09. The van der Waals surface area contributed by atoms with Gasteiger partial charge in [0.15, 0.2) is 5.78 Å². The highest BCUT2D eigenvalue weighted by Crippen LogP contribution is 2.13. The van der Waals surface area contributed by atoms with Gasteiger partial charge in [0.2, 0.25) is 0 Å². The number of aromatic nitrogens is 1. The Balaban J connectivity index is 2.02. The molecular formula is C17H20N2O. The van der Waals surface area contributed by atoms with E-state index >= 15 is 0 Å². The number of Topliss-reactive ketones (excluding diaryl/α,β-unsaturated/α-hetero) is 1. The van der Waals surface area contributed by atoms with Gasteiger partial charge in [-0.25, -0.2) is 0 Å². The Bertz CT molecular complexity index is 576. The van der Waals surface area contributed by atoms with Crippen LogP contribution in [0.1, 0.15) is 41.9 Å². The van der Waals surface area contributed by atoms with Gasteiger partial charge in [0, 0.05) is 23.9 Å². The highest BCUT2D eigenvalue weighted by molar-refractivity contribution is 5.96. The van der Waals surface area contributed by atoms with E-state index < -0.39 is 0 Å². The average molecular weight is 268 g/mol. The molecule has 0 saturated heterocycles. The van der Waals surface area contributed by atoms with Crippen molar-refractivity contribution < 1.29 is 4.79 Å². The number of rotatable bonds is 6. The van der Waals surface area contributed by atoms with Gasteiger partial charge in [0.05, 0.1) is 12.2 Å². The van der Waals surface area contributed by atoms with E-state index in [1.807, 2.05) is 43.5 Å². The van der Waals surface area contributed by atoms with Gasteiger partial charge in [0.25, 0.3) is 0 Å². The maximum atomic E-state index is 11.6. The Morgan fingerprint density at radius 1 is 1.15 bits per heavy atom. The summed E-state index contributed by atoms with van der Waals surface area (Å²) in [6.07, 6.45) is 3.34. The van der Waals surface area contributed by atoms with E-state index in [2.05, 4.69) is 23.3 Å². The van der Waals surface area contributed by atoms with Crippen molar-refractivity contribution in [3.8, 4) is 0 Å². The summed E-state index contributed by atoms with van der Waals surface area (Å²) >= 11 is 0. The SMILES string of the molecule is CCC(=O)c1ccc(NCc2ncccc2CC)cc1. The number of benzene rings is 1. The molecule has 0 spiro atoms. The van der Waals surface area contributed by atoms with Gasteiger partial charge in [-0.2, -0.15) is 0 Å². The number of aryl methyl sites for hydroxylation is 1. The molecule has 0 radical (unpaired) electrons. The minimum Gasteiger partial charge on any atom is -0.379 e. The second-order valence-corrected chi connectivity index (χ2v) is 4.67. The molecule has 2 aromatic rings. The van der Waals surface area contributed by atoms with Crippen molar-refractivity contribution in [2.45, 2.75) is 33.2 Å². The number of nitrogens with zero attached hydrogens (tertiary/aromatic N) is 1. The predicted molar refractivity (Wildman–Crippen MR) is 82.0 cm³/mol. The van der Waals surface area contributed by atoms with Crippen LogP contribution in [-0.4, -0.2) is 10.8 Å². The van der Waals surface area contributed by atoms with Crippen LogP contribution in [0.15, 0.2) is 42.6 Å². The lowest BCUT2D eigenvalue weighted by Crippen LogP contribution is -2.05. The van der Waals surface area contributed by atoms with Crippen molar-refractivity contribution in [2.75, 3.05) is 5.32 Å². The smallest absolute Gasteiger partial charge is 0.162 e. The average Bonchev–Trinajstić information content (AvgIpc) is 2.53. The Hall–Kier alpha value is -2.16. The fraction of sp³-hybridized carbons (Fsp3) is 0.294. The molecule has 1 N–H and O–H groups in total. The molecule has 0 atom stereocenters. The van der Waals surface area contributed by atoms with Gasteiger partial charge >= 0.3 is 0 Å². The van der Waals surface area contributed by atoms with Crippen LogP contribution < -0.4 is 5.32 Å². The molecule has 1 aromatic heterocycles. The molecule has 20 heavy (non-hydrogen) atoms. The Morgan fingerprint density at radius 2 is 1.90 bits per heavy atom. The molecule has 3 nitrogen and oxygen atoms in total. The van der Waals surface area contributed by atoms with E-state index in [4.69, 9.17) is 0 Å². The zero-order chi connectivity index (χ0) is 14.4. The van der Waals surface area contributed by atoms with Crippen LogP contribution in [0.3, 0.4) is 0 Å². The topological polar surface area (TPSA) is 42.0 Å². The first-order valence-corrected chi connectivity index (χ1v) is 7.04. The largest absolute Gasteiger partial charge is 0.379 e. The van der Waals surface area contributed by atoms with Gasteiger partial charge in [-0.3, -0.25) is 9.78 Å². The molecular weight excluding hydrogens is 248 g/mol. The van der Waals surface area contributed by atoms with Crippen molar-refractivity contribution in [1.29, 1.82) is 0 Å². The summed E-state index contributed by atoms with van der Waals surface area (Å²) in [4.78, 5) is 16.0. The first kappa shape index (κ1) is 14.3. The third kappa shape index (κ3) is 3.44. The molecule has 1 heterocycles. The number of hydrogen-bond donors (Lipinski definition) is 1. The second-order valence-electron chi connectivity index (χ2n) is 4.67. The van der Waals surface area contributed by atoms with Gasteiger partial charge in [-0.15, -0.1) is 0 Å². The van der Waals surface area contributed by atoms with E-state index in [0.717, 1.165) is 23.4 Å². The number of ketones is 1. The van der Waals surface area contributed by atoms with Crippen LogP contribution in [0.4, 0.5) is 5.69 Å². The zero-order valence-electron chi connectivity index (χ0n) is 12.0. The maximum Gasteiger partial charge on any atom is 0.162 e. The predicted octanol–water partition coefficient (Wildman–Crippen LogP) is 3.85. The summed E-state index contributed by atoms with van der Waals surface area (Å²) < 4.78 is 0. The van der Waals surface area contributed by atoms with E-state index in [9.17, 15) is 4.79 Å². The molecule has 0 amide bonds. The quantitative estimate of drug-likeness (QED) is 0.809. The summed E-state index contributed by atoms with van der Waals surface area (Å²) in [6.45, 7) is 4.71. The summed E-state index contributed by atoms with van der Waals surface area (Å²) in [5, 5.41) is 3.35. The van der Waals surface area contributed by atoms with E-state index in [0.29, 0.717) is 13.0 Å². The number of pyridine rings is 1. The maximum absolute atomic E-state index is 11.6. The normalized spacial score (nSPS) is 10.3. The standard InChI is InChI=1S/C17H20N2O/c1-3-13-6-5-11-18-16(13)12-19-15-9-7-14(8-10-15)17(20)4-2/h5-11,19H,3-4,12H2,1-2H3. The number of anilines is 1. The Labute approximate surface area is 120 Å². The first-order valence-electron chi connectivity index (χ1n) is 7.04. The van der Waals surface area contributed by atoms with Gasteiger partial charge in [-0.05, 0) is 42.3 Å². The number of carbonyl (C=O) groups excluding carboxylic acids is 1. The summed E-state index contributed by atoms with van der Waals surface area (Å²) in [5.74, 6) is 0.176. The zero-order valence-corrected chi connectivity index (χ0v) is 12.0. The van der Waals surface area contributed by atoms with E-state index in [1.165, 1.54) is 5.56 Å². The van der Waals surface area contributed by atoms with Gasteiger partial charge in [-0.1, -0.05) is 19.9 Å².